The Bertz CT molecular complexity index is 1170. The molecule has 152 valence electrons. The second kappa shape index (κ2) is 7.79. The number of allylic oxidation sites excluding steroid dienone is 2. The average molecular weight is 415 g/mol. The molecule has 9 heteroatoms. The molecule has 1 aliphatic rings. The maximum absolute atomic E-state index is 12.5. The van der Waals surface area contributed by atoms with Crippen LogP contribution in [0.5, 0.6) is 0 Å². The van der Waals surface area contributed by atoms with Crippen LogP contribution in [0.25, 0.3) is 11.2 Å². The third-order valence-corrected chi connectivity index (χ3v) is 5.38. The molecule has 0 saturated carbocycles. The molecule has 0 atom stereocenters. The Morgan fingerprint density at radius 1 is 1.14 bits per heavy atom. The lowest BCUT2D eigenvalue weighted by molar-refractivity contribution is 0.627. The average Bonchev–Trinajstić information content (AvgIpc) is 3.11. The van der Waals surface area contributed by atoms with Crippen molar-refractivity contribution in [3.63, 3.8) is 0 Å². The van der Waals surface area contributed by atoms with E-state index < -0.39 is 11.2 Å². The summed E-state index contributed by atoms with van der Waals surface area (Å²) in [6.07, 6.45) is 1.83. The number of fused-ring (bicyclic) bond motifs is 1. The molecule has 1 aliphatic heterocycles. The largest absolute Gasteiger partial charge is 0.368 e. The predicted molar refractivity (Wildman–Crippen MR) is 116 cm³/mol. The smallest absolute Gasteiger partial charge is 0.329 e. The molecule has 0 spiro atoms. The van der Waals surface area contributed by atoms with Gasteiger partial charge in [0.15, 0.2) is 11.2 Å². The first-order valence-corrected chi connectivity index (χ1v) is 9.90. The minimum absolute atomic E-state index is 0.375. The van der Waals surface area contributed by atoms with Gasteiger partial charge in [-0.05, 0) is 19.1 Å². The summed E-state index contributed by atoms with van der Waals surface area (Å²) in [6.45, 7) is 5.39. The second-order valence-electron chi connectivity index (χ2n) is 7.11. The predicted octanol–water partition coefficient (Wildman–Crippen LogP) is 1.89. The van der Waals surface area contributed by atoms with Crippen molar-refractivity contribution in [2.75, 3.05) is 36.0 Å². The summed E-state index contributed by atoms with van der Waals surface area (Å²) in [7, 11) is 1.61. The van der Waals surface area contributed by atoms with Crippen molar-refractivity contribution < 1.29 is 0 Å². The summed E-state index contributed by atoms with van der Waals surface area (Å²) in [6, 6.07) is 10.3. The Balaban J connectivity index is 1.72. The summed E-state index contributed by atoms with van der Waals surface area (Å²) in [5.74, 6) is 0.675. The minimum Gasteiger partial charge on any atom is -0.368 e. The Labute approximate surface area is 172 Å². The molecule has 2 aromatic heterocycles. The van der Waals surface area contributed by atoms with E-state index in [1.165, 1.54) is 10.3 Å². The van der Waals surface area contributed by atoms with Crippen LogP contribution in [0.3, 0.4) is 0 Å². The van der Waals surface area contributed by atoms with E-state index in [0.717, 1.165) is 26.2 Å². The fourth-order valence-corrected chi connectivity index (χ4v) is 3.73. The van der Waals surface area contributed by atoms with Crippen LogP contribution in [0.15, 0.2) is 51.0 Å². The van der Waals surface area contributed by atoms with Gasteiger partial charge in [0, 0.05) is 50.5 Å². The van der Waals surface area contributed by atoms with Gasteiger partial charge in [0.25, 0.3) is 5.56 Å². The molecule has 0 unspecified atom stereocenters. The van der Waals surface area contributed by atoms with Crippen LogP contribution in [0, 0.1) is 0 Å². The van der Waals surface area contributed by atoms with E-state index in [-0.39, 0.29) is 0 Å². The maximum atomic E-state index is 12.5. The Kier molecular flexibility index (Phi) is 5.19. The van der Waals surface area contributed by atoms with Crippen molar-refractivity contribution in [1.82, 2.24) is 19.1 Å². The molecule has 0 amide bonds. The number of benzene rings is 1. The molecule has 3 heterocycles. The number of piperazine rings is 1. The first kappa shape index (κ1) is 19.3. The molecular weight excluding hydrogens is 392 g/mol. The SMILES string of the molecule is C/C(Cl)=C/Cn1c(N2CCN(c3ccccc3)CC2)nc2c1c(=O)[nH]c(=O)n2C. The molecule has 3 aromatic rings. The summed E-state index contributed by atoms with van der Waals surface area (Å²) in [4.78, 5) is 36.1. The summed E-state index contributed by atoms with van der Waals surface area (Å²) >= 11 is 6.03. The van der Waals surface area contributed by atoms with Crippen LogP contribution >= 0.6 is 11.6 Å². The zero-order valence-electron chi connectivity index (χ0n) is 16.4. The highest BCUT2D eigenvalue weighted by Crippen LogP contribution is 2.23. The van der Waals surface area contributed by atoms with E-state index in [9.17, 15) is 9.59 Å². The van der Waals surface area contributed by atoms with E-state index in [1.54, 1.807) is 14.0 Å². The van der Waals surface area contributed by atoms with Crippen LogP contribution in [0.2, 0.25) is 0 Å². The lowest BCUT2D eigenvalue weighted by Gasteiger charge is -2.36. The molecular formula is C20H23ClN6O2. The highest BCUT2D eigenvalue weighted by atomic mass is 35.5. The minimum atomic E-state index is -0.475. The van der Waals surface area contributed by atoms with E-state index in [4.69, 9.17) is 11.6 Å². The van der Waals surface area contributed by atoms with Crippen LogP contribution in [-0.2, 0) is 13.6 Å². The number of hydrogen-bond acceptors (Lipinski definition) is 5. The van der Waals surface area contributed by atoms with E-state index >= 15 is 0 Å². The first-order valence-electron chi connectivity index (χ1n) is 9.52. The Hall–Kier alpha value is -3.00. The van der Waals surface area contributed by atoms with Gasteiger partial charge in [-0.25, -0.2) is 4.79 Å². The van der Waals surface area contributed by atoms with Gasteiger partial charge in [-0.15, -0.1) is 0 Å². The lowest BCUT2D eigenvalue weighted by atomic mass is 10.2. The van der Waals surface area contributed by atoms with Crippen molar-refractivity contribution >= 4 is 34.4 Å². The standard InChI is InChI=1S/C20H23ClN6O2/c1-14(21)8-9-27-16-17(24(2)20(29)23-18(16)28)22-19(27)26-12-10-25(11-13-26)15-6-4-3-5-7-15/h3-8H,9-13H2,1-2H3,(H,23,28,29)/b14-8-. The quantitative estimate of drug-likeness (QED) is 0.705. The lowest BCUT2D eigenvalue weighted by Crippen LogP contribution is -2.47. The summed E-state index contributed by atoms with van der Waals surface area (Å²) in [5.41, 5.74) is 1.03. The third kappa shape index (κ3) is 3.67. The fraction of sp³-hybridized carbons (Fsp3) is 0.350. The number of H-pyrrole nitrogens is 1. The van der Waals surface area contributed by atoms with Crippen molar-refractivity contribution in [3.8, 4) is 0 Å². The number of rotatable bonds is 4. The van der Waals surface area contributed by atoms with Gasteiger partial charge in [-0.3, -0.25) is 14.3 Å². The topological polar surface area (TPSA) is 79.2 Å². The molecule has 0 radical (unpaired) electrons. The van der Waals surface area contributed by atoms with E-state index in [0.29, 0.717) is 28.7 Å². The first-order chi connectivity index (χ1) is 14.0. The molecule has 0 aliphatic carbocycles. The van der Waals surface area contributed by atoms with Crippen molar-refractivity contribution in [3.05, 3.63) is 62.3 Å². The van der Waals surface area contributed by atoms with Crippen LogP contribution in [-0.4, -0.2) is 45.3 Å². The van der Waals surface area contributed by atoms with Crippen molar-refractivity contribution in [1.29, 1.82) is 0 Å². The van der Waals surface area contributed by atoms with Gasteiger partial charge in [-0.2, -0.15) is 4.98 Å². The molecule has 1 N–H and O–H groups in total. The molecule has 4 rings (SSSR count). The zero-order chi connectivity index (χ0) is 20.5. The number of aromatic amines is 1. The van der Waals surface area contributed by atoms with Crippen molar-refractivity contribution in [2.24, 2.45) is 7.05 Å². The number of imidazole rings is 1. The molecule has 8 nitrogen and oxygen atoms in total. The number of para-hydroxylation sites is 1. The molecule has 1 aromatic carbocycles. The highest BCUT2D eigenvalue weighted by Gasteiger charge is 2.24. The van der Waals surface area contributed by atoms with Gasteiger partial charge in [0.05, 0.1) is 0 Å². The van der Waals surface area contributed by atoms with Crippen molar-refractivity contribution in [2.45, 2.75) is 13.5 Å². The number of aromatic nitrogens is 4. The molecule has 1 saturated heterocycles. The van der Waals surface area contributed by atoms with Gasteiger partial charge < -0.3 is 14.4 Å². The number of aryl methyl sites for hydroxylation is 1. The number of nitrogens with one attached hydrogen (secondary N) is 1. The summed E-state index contributed by atoms with van der Waals surface area (Å²) in [5, 5.41) is 0.632. The van der Waals surface area contributed by atoms with Crippen LogP contribution in [0.4, 0.5) is 11.6 Å². The van der Waals surface area contributed by atoms with Gasteiger partial charge in [-0.1, -0.05) is 35.9 Å². The number of halogens is 1. The van der Waals surface area contributed by atoms with Crippen LogP contribution in [0.1, 0.15) is 6.92 Å². The molecule has 1 fully saturated rings. The monoisotopic (exact) mass is 414 g/mol. The fourth-order valence-electron chi connectivity index (χ4n) is 3.66. The third-order valence-electron chi connectivity index (χ3n) is 5.23. The maximum Gasteiger partial charge on any atom is 0.329 e. The summed E-state index contributed by atoms with van der Waals surface area (Å²) < 4.78 is 3.20. The van der Waals surface area contributed by atoms with E-state index in [1.807, 2.05) is 28.8 Å². The van der Waals surface area contributed by atoms with Crippen LogP contribution < -0.4 is 21.0 Å². The Morgan fingerprint density at radius 3 is 2.45 bits per heavy atom. The second-order valence-corrected chi connectivity index (χ2v) is 7.71. The number of nitrogens with zero attached hydrogens (tertiary/aromatic N) is 5. The van der Waals surface area contributed by atoms with Gasteiger partial charge >= 0.3 is 5.69 Å². The van der Waals surface area contributed by atoms with E-state index in [2.05, 4.69) is 31.9 Å². The zero-order valence-corrected chi connectivity index (χ0v) is 17.2. The normalized spacial score (nSPS) is 15.3. The number of hydrogen-bond donors (Lipinski definition) is 1. The number of anilines is 2. The van der Waals surface area contributed by atoms with Gasteiger partial charge in [0.1, 0.15) is 0 Å². The molecule has 0 bridgehead atoms. The highest BCUT2D eigenvalue weighted by molar-refractivity contribution is 6.29. The van der Waals surface area contributed by atoms with Gasteiger partial charge in [0.2, 0.25) is 5.95 Å². The molecule has 29 heavy (non-hydrogen) atoms. The Morgan fingerprint density at radius 2 is 1.79 bits per heavy atom.